The van der Waals surface area contributed by atoms with E-state index in [4.69, 9.17) is 21.4 Å². The topological polar surface area (TPSA) is 92.7 Å². The first kappa shape index (κ1) is 18.1. The number of hydrogen-bond donors (Lipinski definition) is 2. The molecule has 0 fully saturated rings. The molecule has 120 valence electrons. The van der Waals surface area contributed by atoms with Crippen molar-refractivity contribution in [2.45, 2.75) is 25.9 Å². The third-order valence-corrected chi connectivity index (χ3v) is 3.14. The number of halogens is 1. The first-order chi connectivity index (χ1) is 10.4. The van der Waals surface area contributed by atoms with Crippen LogP contribution in [0.15, 0.2) is 24.3 Å². The van der Waals surface area contributed by atoms with Crippen LogP contribution in [0.4, 0.5) is 0 Å². The maximum Gasteiger partial charge on any atom is 0.332 e. The molecule has 0 heterocycles. The van der Waals surface area contributed by atoms with E-state index in [1.807, 2.05) is 0 Å². The minimum atomic E-state index is -1.06. The summed E-state index contributed by atoms with van der Waals surface area (Å²) in [5, 5.41) is 11.7. The zero-order chi connectivity index (χ0) is 16.5. The molecule has 0 bridgehead atoms. The largest absolute Gasteiger partial charge is 0.479 e. The summed E-state index contributed by atoms with van der Waals surface area (Å²) in [5.74, 6) is -1.48. The van der Waals surface area contributed by atoms with E-state index in [1.54, 1.807) is 24.3 Å². The lowest BCUT2D eigenvalue weighted by atomic mass is 10.1. The molecule has 0 aliphatic carbocycles. The summed E-state index contributed by atoms with van der Waals surface area (Å²) in [6, 6.07) is 6.47. The summed E-state index contributed by atoms with van der Waals surface area (Å²) in [4.78, 5) is 33.9. The molecular weight excluding hydrogens is 310 g/mol. The maximum atomic E-state index is 11.8. The first-order valence-corrected chi connectivity index (χ1v) is 7.18. The highest BCUT2D eigenvalue weighted by Gasteiger charge is 2.11. The molecule has 2 N–H and O–H groups in total. The zero-order valence-electron chi connectivity index (χ0n) is 12.2. The third kappa shape index (κ3) is 6.69. The summed E-state index contributed by atoms with van der Waals surface area (Å²) in [7, 11) is 0. The van der Waals surface area contributed by atoms with E-state index in [-0.39, 0.29) is 37.7 Å². The Kier molecular flexibility index (Phi) is 7.56. The number of aliphatic carboxylic acids is 1. The SMILES string of the molecule is CC(OCCNC(=O)CCC(=O)c1ccc(Cl)cc1)C(=O)O. The molecule has 1 rings (SSSR count). The van der Waals surface area contributed by atoms with Gasteiger partial charge < -0.3 is 15.2 Å². The van der Waals surface area contributed by atoms with E-state index in [9.17, 15) is 14.4 Å². The van der Waals surface area contributed by atoms with Gasteiger partial charge in [-0.25, -0.2) is 4.79 Å². The Morgan fingerprint density at radius 3 is 2.45 bits per heavy atom. The van der Waals surface area contributed by atoms with Gasteiger partial charge in [-0.3, -0.25) is 9.59 Å². The van der Waals surface area contributed by atoms with Crippen LogP contribution in [0.1, 0.15) is 30.1 Å². The van der Waals surface area contributed by atoms with Gasteiger partial charge in [0.25, 0.3) is 0 Å². The lowest BCUT2D eigenvalue weighted by Gasteiger charge is -2.09. The van der Waals surface area contributed by atoms with Gasteiger partial charge in [0.2, 0.25) is 5.91 Å². The summed E-state index contributed by atoms with van der Waals surface area (Å²) < 4.78 is 4.97. The Bertz CT molecular complexity index is 529. The van der Waals surface area contributed by atoms with Crippen molar-refractivity contribution in [3.8, 4) is 0 Å². The number of carboxylic acid groups (broad SMARTS) is 1. The number of nitrogens with one attached hydrogen (secondary N) is 1. The van der Waals surface area contributed by atoms with E-state index in [2.05, 4.69) is 5.32 Å². The molecule has 0 radical (unpaired) electrons. The normalized spacial score (nSPS) is 11.7. The fourth-order valence-electron chi connectivity index (χ4n) is 1.59. The number of carboxylic acids is 1. The predicted octanol–water partition coefficient (Wildman–Crippen LogP) is 1.91. The monoisotopic (exact) mass is 327 g/mol. The summed E-state index contributed by atoms with van der Waals surface area (Å²) in [5.41, 5.74) is 0.510. The van der Waals surface area contributed by atoms with Crippen molar-refractivity contribution < 1.29 is 24.2 Å². The van der Waals surface area contributed by atoms with Crippen molar-refractivity contribution in [3.63, 3.8) is 0 Å². The number of hydrogen-bond acceptors (Lipinski definition) is 4. The summed E-state index contributed by atoms with van der Waals surface area (Å²) in [6.45, 7) is 1.71. The molecule has 7 heteroatoms. The van der Waals surface area contributed by atoms with Crippen LogP contribution in [0.3, 0.4) is 0 Å². The van der Waals surface area contributed by atoms with Crippen molar-refractivity contribution in [2.75, 3.05) is 13.2 Å². The molecule has 1 amide bonds. The average Bonchev–Trinajstić information content (AvgIpc) is 2.49. The number of ether oxygens (including phenoxy) is 1. The van der Waals surface area contributed by atoms with Crippen molar-refractivity contribution in [3.05, 3.63) is 34.9 Å². The van der Waals surface area contributed by atoms with Gasteiger partial charge in [-0.15, -0.1) is 0 Å². The van der Waals surface area contributed by atoms with Gasteiger partial charge in [0.1, 0.15) is 0 Å². The van der Waals surface area contributed by atoms with Gasteiger partial charge in [-0.1, -0.05) is 11.6 Å². The molecule has 0 aliphatic rings. The number of ketones is 1. The molecule has 1 aromatic rings. The minimum absolute atomic E-state index is 0.0654. The quantitative estimate of drug-likeness (QED) is 0.534. The van der Waals surface area contributed by atoms with E-state index >= 15 is 0 Å². The number of Topliss-reactive ketones (excluding diaryl/α,β-unsaturated/α-hetero) is 1. The number of amides is 1. The molecule has 1 aromatic carbocycles. The van der Waals surface area contributed by atoms with Gasteiger partial charge in [0.05, 0.1) is 6.61 Å². The molecule has 0 saturated carbocycles. The lowest BCUT2D eigenvalue weighted by molar-refractivity contribution is -0.149. The molecular formula is C15H18ClNO5. The zero-order valence-corrected chi connectivity index (χ0v) is 12.9. The highest BCUT2D eigenvalue weighted by Crippen LogP contribution is 2.11. The number of carbonyl (C=O) groups excluding carboxylic acids is 2. The van der Waals surface area contributed by atoms with E-state index < -0.39 is 12.1 Å². The van der Waals surface area contributed by atoms with Crippen LogP contribution in [0.25, 0.3) is 0 Å². The fraction of sp³-hybridized carbons (Fsp3) is 0.400. The molecule has 1 unspecified atom stereocenters. The number of carbonyl (C=O) groups is 3. The van der Waals surface area contributed by atoms with Gasteiger partial charge in [-0.05, 0) is 31.2 Å². The first-order valence-electron chi connectivity index (χ1n) is 6.80. The minimum Gasteiger partial charge on any atom is -0.479 e. The Morgan fingerprint density at radius 2 is 1.86 bits per heavy atom. The summed E-state index contributed by atoms with van der Waals surface area (Å²) in [6.07, 6.45) is -0.751. The van der Waals surface area contributed by atoms with Crippen molar-refractivity contribution in [2.24, 2.45) is 0 Å². The van der Waals surface area contributed by atoms with Crippen LogP contribution >= 0.6 is 11.6 Å². The average molecular weight is 328 g/mol. The molecule has 6 nitrogen and oxygen atoms in total. The van der Waals surface area contributed by atoms with Crippen LogP contribution in [0.2, 0.25) is 5.02 Å². The van der Waals surface area contributed by atoms with Gasteiger partial charge in [-0.2, -0.15) is 0 Å². The van der Waals surface area contributed by atoms with Gasteiger partial charge in [0, 0.05) is 30.0 Å². The van der Waals surface area contributed by atoms with Crippen LogP contribution in [0, 0.1) is 0 Å². The van der Waals surface area contributed by atoms with Crippen LogP contribution in [-0.2, 0) is 14.3 Å². The van der Waals surface area contributed by atoms with E-state index in [0.717, 1.165) is 0 Å². The second-order valence-corrected chi connectivity index (χ2v) is 5.07. The Balaban J connectivity index is 2.21. The Labute approximate surface area is 133 Å². The van der Waals surface area contributed by atoms with E-state index in [0.29, 0.717) is 10.6 Å². The molecule has 0 spiro atoms. The summed E-state index contributed by atoms with van der Waals surface area (Å²) >= 11 is 5.73. The Morgan fingerprint density at radius 1 is 1.23 bits per heavy atom. The highest BCUT2D eigenvalue weighted by atomic mass is 35.5. The lowest BCUT2D eigenvalue weighted by Crippen LogP contribution is -2.30. The molecule has 0 aliphatic heterocycles. The van der Waals surface area contributed by atoms with E-state index in [1.165, 1.54) is 6.92 Å². The van der Waals surface area contributed by atoms with Gasteiger partial charge in [0.15, 0.2) is 11.9 Å². The fourth-order valence-corrected chi connectivity index (χ4v) is 1.72. The van der Waals surface area contributed by atoms with Crippen LogP contribution in [-0.4, -0.2) is 42.0 Å². The second kappa shape index (κ2) is 9.17. The highest BCUT2D eigenvalue weighted by molar-refractivity contribution is 6.30. The molecule has 22 heavy (non-hydrogen) atoms. The number of rotatable bonds is 9. The number of benzene rings is 1. The van der Waals surface area contributed by atoms with Crippen LogP contribution in [0.5, 0.6) is 0 Å². The van der Waals surface area contributed by atoms with Crippen molar-refractivity contribution >= 4 is 29.3 Å². The predicted molar refractivity (Wildman–Crippen MR) is 81.1 cm³/mol. The third-order valence-electron chi connectivity index (χ3n) is 2.89. The molecule has 0 aromatic heterocycles. The Hall–Kier alpha value is -1.92. The van der Waals surface area contributed by atoms with Crippen molar-refractivity contribution in [1.29, 1.82) is 0 Å². The maximum absolute atomic E-state index is 11.8. The van der Waals surface area contributed by atoms with Gasteiger partial charge >= 0.3 is 5.97 Å². The van der Waals surface area contributed by atoms with Crippen molar-refractivity contribution in [1.82, 2.24) is 5.32 Å². The standard InChI is InChI=1S/C15H18ClNO5/c1-10(15(20)21)22-9-8-17-14(19)7-6-13(18)11-2-4-12(16)5-3-11/h2-5,10H,6-9H2,1H3,(H,17,19)(H,20,21). The molecule has 0 saturated heterocycles. The second-order valence-electron chi connectivity index (χ2n) is 4.63. The van der Waals surface area contributed by atoms with Crippen LogP contribution < -0.4 is 5.32 Å². The smallest absolute Gasteiger partial charge is 0.332 e. The molecule has 1 atom stereocenters.